The van der Waals surface area contributed by atoms with E-state index in [0.717, 1.165) is 10.5 Å². The number of carbonyl (C=O) groups is 3. The minimum atomic E-state index is -0.377. The molecule has 3 amide bonds. The first-order chi connectivity index (χ1) is 11.9. The molecule has 0 bridgehead atoms. The lowest BCUT2D eigenvalue weighted by atomic mass is 9.95. The Kier molecular flexibility index (Phi) is 4.40. The van der Waals surface area contributed by atoms with Crippen molar-refractivity contribution in [2.24, 2.45) is 5.92 Å². The monoisotopic (exact) mass is 336 g/mol. The number of rotatable bonds is 4. The average molecular weight is 336 g/mol. The Bertz CT molecular complexity index is 843. The number of fused-ring (bicyclic) bond motifs is 1. The van der Waals surface area contributed by atoms with Gasteiger partial charge in [0, 0.05) is 12.6 Å². The molecular formula is C20H20N2O3. The first-order valence-corrected chi connectivity index (χ1v) is 8.22. The van der Waals surface area contributed by atoms with E-state index in [1.165, 1.54) is 13.1 Å². The summed E-state index contributed by atoms with van der Waals surface area (Å²) in [5.41, 5.74) is 2.02. The number of nitrogens with one attached hydrogen (secondary N) is 1. The maximum Gasteiger partial charge on any atom is 0.261 e. The van der Waals surface area contributed by atoms with Gasteiger partial charge in [-0.1, -0.05) is 44.2 Å². The van der Waals surface area contributed by atoms with Crippen LogP contribution < -0.4 is 5.32 Å². The van der Waals surface area contributed by atoms with Crippen molar-refractivity contribution in [3.8, 4) is 0 Å². The molecular weight excluding hydrogens is 316 g/mol. The fourth-order valence-corrected chi connectivity index (χ4v) is 3.02. The largest absolute Gasteiger partial charge is 0.345 e. The Balaban J connectivity index is 1.87. The fourth-order valence-electron chi connectivity index (χ4n) is 3.02. The molecule has 5 nitrogen and oxygen atoms in total. The molecule has 1 atom stereocenters. The van der Waals surface area contributed by atoms with Crippen molar-refractivity contribution >= 4 is 17.7 Å². The summed E-state index contributed by atoms with van der Waals surface area (Å²) in [6, 6.07) is 14.2. The van der Waals surface area contributed by atoms with Gasteiger partial charge in [0.05, 0.1) is 17.2 Å². The zero-order valence-corrected chi connectivity index (χ0v) is 14.4. The highest BCUT2D eigenvalue weighted by Gasteiger charge is 2.33. The smallest absolute Gasteiger partial charge is 0.261 e. The molecule has 0 radical (unpaired) electrons. The van der Waals surface area contributed by atoms with Crippen LogP contribution in [0.25, 0.3) is 0 Å². The minimum Gasteiger partial charge on any atom is -0.345 e. The van der Waals surface area contributed by atoms with Crippen LogP contribution in [0.1, 0.15) is 56.5 Å². The molecule has 1 aliphatic rings. The van der Waals surface area contributed by atoms with Gasteiger partial charge in [-0.2, -0.15) is 0 Å². The minimum absolute atomic E-state index is 0.137. The number of hydrogen-bond donors (Lipinski definition) is 1. The van der Waals surface area contributed by atoms with Crippen molar-refractivity contribution in [3.63, 3.8) is 0 Å². The van der Waals surface area contributed by atoms with Crippen LogP contribution in [0, 0.1) is 5.92 Å². The van der Waals surface area contributed by atoms with Crippen LogP contribution >= 0.6 is 0 Å². The second kappa shape index (κ2) is 6.51. The van der Waals surface area contributed by atoms with Gasteiger partial charge < -0.3 is 5.32 Å². The summed E-state index contributed by atoms with van der Waals surface area (Å²) in [7, 11) is 1.44. The van der Waals surface area contributed by atoms with Crippen LogP contribution in [0.2, 0.25) is 0 Å². The van der Waals surface area contributed by atoms with Crippen LogP contribution in [0.4, 0.5) is 0 Å². The van der Waals surface area contributed by atoms with Crippen LogP contribution in [0.15, 0.2) is 48.5 Å². The van der Waals surface area contributed by atoms with Gasteiger partial charge in [0.25, 0.3) is 17.7 Å². The molecule has 25 heavy (non-hydrogen) atoms. The van der Waals surface area contributed by atoms with Gasteiger partial charge >= 0.3 is 0 Å². The molecule has 128 valence electrons. The summed E-state index contributed by atoms with van der Waals surface area (Å²) >= 11 is 0. The molecule has 0 spiro atoms. The summed E-state index contributed by atoms with van der Waals surface area (Å²) in [4.78, 5) is 37.8. The molecule has 1 heterocycles. The number of benzene rings is 2. The van der Waals surface area contributed by atoms with E-state index in [2.05, 4.69) is 5.32 Å². The van der Waals surface area contributed by atoms with Gasteiger partial charge in [-0.15, -0.1) is 0 Å². The number of hydrogen-bond acceptors (Lipinski definition) is 3. The molecule has 0 fully saturated rings. The van der Waals surface area contributed by atoms with E-state index in [4.69, 9.17) is 0 Å². The normalized spacial score (nSPS) is 14.6. The Labute approximate surface area is 146 Å². The van der Waals surface area contributed by atoms with Gasteiger partial charge in [0.1, 0.15) is 0 Å². The van der Waals surface area contributed by atoms with Crippen LogP contribution in [-0.4, -0.2) is 29.7 Å². The third kappa shape index (κ3) is 3.05. The van der Waals surface area contributed by atoms with E-state index < -0.39 is 0 Å². The molecule has 0 aromatic heterocycles. The Morgan fingerprint density at radius 3 is 2.24 bits per heavy atom. The summed E-state index contributed by atoms with van der Waals surface area (Å²) in [6.45, 7) is 4.08. The predicted octanol–water partition coefficient (Wildman–Crippen LogP) is 3.04. The van der Waals surface area contributed by atoms with E-state index in [9.17, 15) is 14.4 Å². The van der Waals surface area contributed by atoms with Crippen LogP contribution in [0.3, 0.4) is 0 Å². The number of nitrogens with zero attached hydrogens (tertiary/aromatic N) is 1. The molecule has 3 rings (SSSR count). The van der Waals surface area contributed by atoms with Crippen molar-refractivity contribution in [2.45, 2.75) is 19.9 Å². The molecule has 2 aromatic rings. The van der Waals surface area contributed by atoms with E-state index in [1.54, 1.807) is 12.1 Å². The summed E-state index contributed by atoms with van der Waals surface area (Å²) in [6.07, 6.45) is 0. The van der Waals surface area contributed by atoms with Crippen molar-refractivity contribution in [1.82, 2.24) is 10.2 Å². The van der Waals surface area contributed by atoms with Crippen LogP contribution in [0.5, 0.6) is 0 Å². The molecule has 1 N–H and O–H groups in total. The average Bonchev–Trinajstić information content (AvgIpc) is 2.84. The maximum atomic E-state index is 12.7. The predicted molar refractivity (Wildman–Crippen MR) is 94.4 cm³/mol. The third-order valence-corrected chi connectivity index (χ3v) is 4.46. The van der Waals surface area contributed by atoms with Crippen molar-refractivity contribution < 1.29 is 14.4 Å². The lowest BCUT2D eigenvalue weighted by Gasteiger charge is -2.23. The maximum absolute atomic E-state index is 12.7. The quantitative estimate of drug-likeness (QED) is 0.873. The lowest BCUT2D eigenvalue weighted by molar-refractivity contribution is 0.0693. The topological polar surface area (TPSA) is 66.5 Å². The molecule has 1 unspecified atom stereocenters. The highest BCUT2D eigenvalue weighted by atomic mass is 16.2. The number of amides is 3. The summed E-state index contributed by atoms with van der Waals surface area (Å²) in [5.74, 6) is -0.773. The molecule has 0 aliphatic carbocycles. The highest BCUT2D eigenvalue weighted by molar-refractivity contribution is 6.21. The third-order valence-electron chi connectivity index (χ3n) is 4.46. The lowest BCUT2D eigenvalue weighted by Crippen LogP contribution is -2.31. The Hall–Kier alpha value is -2.95. The second-order valence-corrected chi connectivity index (χ2v) is 6.54. The van der Waals surface area contributed by atoms with Gasteiger partial charge in [-0.3, -0.25) is 19.3 Å². The Morgan fingerprint density at radius 1 is 0.960 bits per heavy atom. The van der Waals surface area contributed by atoms with Crippen molar-refractivity contribution in [2.75, 3.05) is 7.05 Å². The first-order valence-electron chi connectivity index (χ1n) is 8.22. The van der Waals surface area contributed by atoms with Gasteiger partial charge in [-0.05, 0) is 29.7 Å². The number of imide groups is 1. The number of carbonyl (C=O) groups excluding carboxylic acids is 3. The van der Waals surface area contributed by atoms with Gasteiger partial charge in [0.15, 0.2) is 0 Å². The molecule has 2 aromatic carbocycles. The summed E-state index contributed by atoms with van der Waals surface area (Å²) in [5, 5.41) is 3.03. The molecule has 0 saturated carbocycles. The summed E-state index contributed by atoms with van der Waals surface area (Å²) < 4.78 is 0. The fraction of sp³-hybridized carbons (Fsp3) is 0.250. The Morgan fingerprint density at radius 2 is 1.60 bits per heavy atom. The van der Waals surface area contributed by atoms with E-state index >= 15 is 0 Å². The zero-order chi connectivity index (χ0) is 18.1. The van der Waals surface area contributed by atoms with Gasteiger partial charge in [0.2, 0.25) is 0 Å². The van der Waals surface area contributed by atoms with Gasteiger partial charge in [-0.25, -0.2) is 0 Å². The SMILES string of the molecule is CC(C)C(NC(=O)c1ccc2c(c1)C(=O)N(C)C2=O)c1ccccc1. The standard InChI is InChI=1S/C20H20N2O3/c1-12(2)17(13-7-5-4-6-8-13)21-18(23)14-9-10-15-16(11-14)20(25)22(3)19(15)24/h4-12,17H,1-3H3,(H,21,23). The van der Waals surface area contributed by atoms with E-state index in [-0.39, 0.29) is 35.2 Å². The molecule has 5 heteroatoms. The second-order valence-electron chi connectivity index (χ2n) is 6.54. The van der Waals surface area contributed by atoms with Crippen molar-refractivity contribution in [3.05, 3.63) is 70.8 Å². The molecule has 1 aliphatic heterocycles. The first kappa shape index (κ1) is 16.9. The molecule has 0 saturated heterocycles. The highest BCUT2D eigenvalue weighted by Crippen LogP contribution is 2.25. The van der Waals surface area contributed by atoms with Crippen molar-refractivity contribution in [1.29, 1.82) is 0 Å². The van der Waals surface area contributed by atoms with E-state index in [1.807, 2.05) is 44.2 Å². The zero-order valence-electron chi connectivity index (χ0n) is 14.4. The van der Waals surface area contributed by atoms with E-state index in [0.29, 0.717) is 11.1 Å². The van der Waals surface area contributed by atoms with Crippen LogP contribution in [-0.2, 0) is 0 Å².